The van der Waals surface area contributed by atoms with E-state index in [1.165, 1.54) is 19.3 Å². The van der Waals surface area contributed by atoms with Crippen molar-refractivity contribution in [2.24, 2.45) is 11.8 Å². The van der Waals surface area contributed by atoms with Crippen LogP contribution in [0.3, 0.4) is 0 Å². The monoisotopic (exact) mass is 308 g/mol. The first-order chi connectivity index (χ1) is 10.5. The van der Waals surface area contributed by atoms with Gasteiger partial charge in [0.2, 0.25) is 11.8 Å². The third-order valence-corrected chi connectivity index (χ3v) is 5.10. The van der Waals surface area contributed by atoms with Gasteiger partial charge < -0.3 is 10.2 Å². The molecule has 0 radical (unpaired) electrons. The van der Waals surface area contributed by atoms with E-state index in [1.807, 2.05) is 4.90 Å². The smallest absolute Gasteiger partial charge is 0.225 e. The Morgan fingerprint density at radius 3 is 2.55 bits per heavy atom. The molecule has 1 N–H and O–H groups in total. The van der Waals surface area contributed by atoms with Crippen LogP contribution in [0.1, 0.15) is 72.1 Å². The Hall–Kier alpha value is -1.06. The van der Waals surface area contributed by atoms with E-state index in [0.29, 0.717) is 19.0 Å². The number of rotatable bonds is 7. The van der Waals surface area contributed by atoms with E-state index in [1.54, 1.807) is 0 Å². The SMILES string of the molecule is CC(C)CCC[C@H](C)NC(=O)[C@@H]1CC(=O)N(C2CCCC2)C1. The number of hydrogen-bond donors (Lipinski definition) is 1. The molecule has 0 unspecified atom stereocenters. The quantitative estimate of drug-likeness (QED) is 0.785. The molecule has 4 nitrogen and oxygen atoms in total. The Labute approximate surface area is 135 Å². The normalized spacial score (nSPS) is 24.3. The molecule has 1 heterocycles. The summed E-state index contributed by atoms with van der Waals surface area (Å²) >= 11 is 0. The number of carbonyl (C=O) groups excluding carboxylic acids is 2. The maximum absolute atomic E-state index is 12.4. The minimum atomic E-state index is -0.138. The highest BCUT2D eigenvalue weighted by Crippen LogP contribution is 2.29. The lowest BCUT2D eigenvalue weighted by Gasteiger charge is -2.24. The van der Waals surface area contributed by atoms with Crippen LogP contribution in [0.25, 0.3) is 0 Å². The second-order valence-electron chi connectivity index (χ2n) is 7.62. The van der Waals surface area contributed by atoms with Crippen LogP contribution >= 0.6 is 0 Å². The fourth-order valence-electron chi connectivity index (χ4n) is 3.74. The van der Waals surface area contributed by atoms with Gasteiger partial charge in [-0.3, -0.25) is 9.59 Å². The summed E-state index contributed by atoms with van der Waals surface area (Å²) in [5.74, 6) is 0.835. The van der Waals surface area contributed by atoms with Crippen molar-refractivity contribution >= 4 is 11.8 Å². The molecule has 0 bridgehead atoms. The van der Waals surface area contributed by atoms with Crippen molar-refractivity contribution in [1.82, 2.24) is 10.2 Å². The summed E-state index contributed by atoms with van der Waals surface area (Å²) in [6.45, 7) is 7.16. The van der Waals surface area contributed by atoms with Gasteiger partial charge in [-0.2, -0.15) is 0 Å². The Morgan fingerprint density at radius 1 is 1.23 bits per heavy atom. The molecular weight excluding hydrogens is 276 g/mol. The maximum atomic E-state index is 12.4. The number of carbonyl (C=O) groups is 2. The standard InChI is InChI=1S/C18H32N2O2/c1-13(2)7-6-8-14(3)19-18(22)15-11-17(21)20(12-15)16-9-4-5-10-16/h13-16H,4-12H2,1-3H3,(H,19,22)/t14-,15+/m0/s1. The van der Waals surface area contributed by atoms with E-state index >= 15 is 0 Å². The molecule has 2 amide bonds. The lowest BCUT2D eigenvalue weighted by atomic mass is 10.0. The third kappa shape index (κ3) is 4.72. The van der Waals surface area contributed by atoms with Gasteiger partial charge in [0, 0.05) is 25.0 Å². The van der Waals surface area contributed by atoms with Crippen LogP contribution in [-0.2, 0) is 9.59 Å². The molecule has 4 heteroatoms. The molecule has 2 fully saturated rings. The third-order valence-electron chi connectivity index (χ3n) is 5.10. The van der Waals surface area contributed by atoms with E-state index in [-0.39, 0.29) is 23.8 Å². The number of hydrogen-bond acceptors (Lipinski definition) is 2. The first kappa shape index (κ1) is 17.3. The minimum absolute atomic E-state index is 0.0749. The molecule has 2 atom stereocenters. The van der Waals surface area contributed by atoms with Crippen molar-refractivity contribution in [3.05, 3.63) is 0 Å². The van der Waals surface area contributed by atoms with Crippen LogP contribution < -0.4 is 5.32 Å². The highest BCUT2D eigenvalue weighted by molar-refractivity contribution is 5.89. The van der Waals surface area contributed by atoms with Crippen LogP contribution in [0.5, 0.6) is 0 Å². The van der Waals surface area contributed by atoms with E-state index < -0.39 is 0 Å². The molecule has 1 saturated carbocycles. The lowest BCUT2D eigenvalue weighted by molar-refractivity contribution is -0.130. The Kier molecular flexibility index (Phi) is 6.27. The molecule has 0 aromatic heterocycles. The van der Waals surface area contributed by atoms with Crippen molar-refractivity contribution in [2.75, 3.05) is 6.54 Å². The Bertz CT molecular complexity index is 389. The summed E-state index contributed by atoms with van der Waals surface area (Å²) in [5, 5.41) is 3.11. The molecule has 22 heavy (non-hydrogen) atoms. The largest absolute Gasteiger partial charge is 0.353 e. The summed E-state index contributed by atoms with van der Waals surface area (Å²) in [5.41, 5.74) is 0. The van der Waals surface area contributed by atoms with E-state index in [2.05, 4.69) is 26.1 Å². The van der Waals surface area contributed by atoms with Crippen molar-refractivity contribution < 1.29 is 9.59 Å². The number of amides is 2. The predicted molar refractivity (Wildman–Crippen MR) is 88.4 cm³/mol. The van der Waals surface area contributed by atoms with Crippen LogP contribution in [0, 0.1) is 11.8 Å². The average Bonchev–Trinajstić information content (AvgIpc) is 3.06. The van der Waals surface area contributed by atoms with E-state index in [9.17, 15) is 9.59 Å². The molecular formula is C18H32N2O2. The average molecular weight is 308 g/mol. The molecule has 0 aromatic rings. The van der Waals surface area contributed by atoms with Gasteiger partial charge in [0.05, 0.1) is 5.92 Å². The second kappa shape index (κ2) is 7.98. The molecule has 2 aliphatic rings. The molecule has 1 aliphatic carbocycles. The fraction of sp³-hybridized carbons (Fsp3) is 0.889. The van der Waals surface area contributed by atoms with Gasteiger partial charge in [-0.1, -0.05) is 39.5 Å². The highest BCUT2D eigenvalue weighted by Gasteiger charge is 2.38. The summed E-state index contributed by atoms with van der Waals surface area (Å²) in [4.78, 5) is 26.5. The highest BCUT2D eigenvalue weighted by atomic mass is 16.2. The zero-order valence-electron chi connectivity index (χ0n) is 14.4. The molecule has 126 valence electrons. The first-order valence-corrected chi connectivity index (χ1v) is 9.07. The number of nitrogens with one attached hydrogen (secondary N) is 1. The van der Waals surface area contributed by atoms with Gasteiger partial charge in [0.25, 0.3) is 0 Å². The van der Waals surface area contributed by atoms with Gasteiger partial charge in [-0.05, 0) is 32.1 Å². The summed E-state index contributed by atoms with van der Waals surface area (Å²) < 4.78 is 0. The van der Waals surface area contributed by atoms with Crippen LogP contribution in [0.15, 0.2) is 0 Å². The van der Waals surface area contributed by atoms with Gasteiger partial charge in [0.15, 0.2) is 0 Å². The zero-order chi connectivity index (χ0) is 16.1. The molecule has 2 rings (SSSR count). The van der Waals surface area contributed by atoms with Gasteiger partial charge in [-0.25, -0.2) is 0 Å². The van der Waals surface area contributed by atoms with Crippen molar-refractivity contribution in [3.63, 3.8) is 0 Å². The topological polar surface area (TPSA) is 49.4 Å². The molecule has 1 aliphatic heterocycles. The Morgan fingerprint density at radius 2 is 1.91 bits per heavy atom. The van der Waals surface area contributed by atoms with Gasteiger partial charge in [0.1, 0.15) is 0 Å². The van der Waals surface area contributed by atoms with Gasteiger partial charge >= 0.3 is 0 Å². The molecule has 0 aromatic carbocycles. The molecule has 1 saturated heterocycles. The van der Waals surface area contributed by atoms with E-state index in [4.69, 9.17) is 0 Å². The summed E-state index contributed by atoms with van der Waals surface area (Å²) in [7, 11) is 0. The second-order valence-corrected chi connectivity index (χ2v) is 7.62. The van der Waals surface area contributed by atoms with Gasteiger partial charge in [-0.15, -0.1) is 0 Å². The predicted octanol–water partition coefficient (Wildman–Crippen LogP) is 3.11. The summed E-state index contributed by atoms with van der Waals surface area (Å²) in [6, 6.07) is 0.607. The van der Waals surface area contributed by atoms with Crippen LogP contribution in [0.2, 0.25) is 0 Å². The van der Waals surface area contributed by atoms with Crippen LogP contribution in [0.4, 0.5) is 0 Å². The number of likely N-dealkylation sites (tertiary alicyclic amines) is 1. The van der Waals surface area contributed by atoms with Crippen molar-refractivity contribution in [1.29, 1.82) is 0 Å². The van der Waals surface area contributed by atoms with E-state index in [0.717, 1.165) is 31.6 Å². The Balaban J connectivity index is 1.74. The van der Waals surface area contributed by atoms with Crippen molar-refractivity contribution in [2.45, 2.75) is 84.2 Å². The lowest BCUT2D eigenvalue weighted by Crippen LogP contribution is -2.39. The fourth-order valence-corrected chi connectivity index (χ4v) is 3.74. The minimum Gasteiger partial charge on any atom is -0.353 e. The zero-order valence-corrected chi connectivity index (χ0v) is 14.4. The number of nitrogens with zero attached hydrogens (tertiary/aromatic N) is 1. The maximum Gasteiger partial charge on any atom is 0.225 e. The van der Waals surface area contributed by atoms with Crippen LogP contribution in [-0.4, -0.2) is 35.3 Å². The molecule has 0 spiro atoms. The summed E-state index contributed by atoms with van der Waals surface area (Å²) in [6.07, 6.45) is 8.46. The van der Waals surface area contributed by atoms with Crippen molar-refractivity contribution in [3.8, 4) is 0 Å². The first-order valence-electron chi connectivity index (χ1n) is 9.07.